The number of aliphatic hydroxyl groups excluding tert-OH is 2. The van der Waals surface area contributed by atoms with E-state index >= 15 is 0 Å². The largest absolute Gasteiger partial charge is 0.493 e. The molecule has 0 saturated heterocycles. The number of amides is 2. The lowest BCUT2D eigenvalue weighted by Gasteiger charge is -2.21. The SMILES string of the molecule is COc1cc2c(c(OC)c1OC(=O)N(C)C)-c1ccc(SC)c(=O)cc1[C@@H](NC(C)=O)CC2.O=C(O)[C@H](O)[C@@H](O)C(=O)O. The lowest BCUT2D eigenvalue weighted by atomic mass is 9.95. The highest BCUT2D eigenvalue weighted by molar-refractivity contribution is 7.98. The number of aliphatic carboxylic acids is 2. The molecule has 0 fully saturated rings. The number of nitrogens with zero attached hydrogens (tertiary/aromatic N) is 1. The Labute approximate surface area is 251 Å². The normalized spacial score (nSPS) is 14.7. The van der Waals surface area contributed by atoms with Crippen LogP contribution in [0.15, 0.2) is 34.0 Å². The molecule has 0 bridgehead atoms. The van der Waals surface area contributed by atoms with E-state index < -0.39 is 30.2 Å². The maximum Gasteiger partial charge on any atom is 0.414 e. The number of hydrogen-bond acceptors (Lipinski definition) is 11. The van der Waals surface area contributed by atoms with Crippen molar-refractivity contribution in [3.8, 4) is 28.4 Å². The van der Waals surface area contributed by atoms with Crippen molar-refractivity contribution >= 4 is 35.7 Å². The summed E-state index contributed by atoms with van der Waals surface area (Å²) in [6.07, 6.45) is -2.13. The number of carbonyl (C=O) groups excluding carboxylic acids is 2. The van der Waals surface area contributed by atoms with Crippen LogP contribution in [0.25, 0.3) is 11.1 Å². The van der Waals surface area contributed by atoms with E-state index in [1.165, 1.54) is 37.8 Å². The molecule has 43 heavy (non-hydrogen) atoms. The summed E-state index contributed by atoms with van der Waals surface area (Å²) in [5.74, 6) is -2.89. The fraction of sp³-hybridized carbons (Fsp3) is 0.393. The second kappa shape index (κ2) is 15.2. The van der Waals surface area contributed by atoms with E-state index in [0.29, 0.717) is 40.4 Å². The standard InChI is InChI=1S/C24H28N2O6S.C4H6O6/c1-13(27)25-17-9-7-14-11-19(30-4)22(32-24(29)26(2)3)23(31-5)21(14)15-8-10-20(33-6)18(28)12-16(15)17;5-1(3(7)8)2(6)4(9)10/h8,10-12,17H,7,9H2,1-6H3,(H,25,27);1-2,5-6H,(H,7,8)(H,9,10)/t17-;1-,2-/m01/s1. The molecule has 14 nitrogen and oxygen atoms in total. The number of carbonyl (C=O) groups is 4. The van der Waals surface area contributed by atoms with Gasteiger partial charge in [0.25, 0.3) is 0 Å². The van der Waals surface area contributed by atoms with Gasteiger partial charge in [-0.15, -0.1) is 11.8 Å². The van der Waals surface area contributed by atoms with Crippen LogP contribution in [0.3, 0.4) is 0 Å². The lowest BCUT2D eigenvalue weighted by Crippen LogP contribution is -2.39. The van der Waals surface area contributed by atoms with Crippen molar-refractivity contribution in [1.29, 1.82) is 0 Å². The smallest absolute Gasteiger partial charge is 0.414 e. The summed E-state index contributed by atoms with van der Waals surface area (Å²) in [4.78, 5) is 58.6. The van der Waals surface area contributed by atoms with Crippen LogP contribution >= 0.6 is 11.8 Å². The zero-order valence-corrected chi connectivity index (χ0v) is 25.2. The number of aliphatic hydroxyl groups is 2. The van der Waals surface area contributed by atoms with E-state index in [0.717, 1.165) is 11.1 Å². The zero-order chi connectivity index (χ0) is 32.6. The minimum Gasteiger partial charge on any atom is -0.493 e. The maximum atomic E-state index is 12.9. The van der Waals surface area contributed by atoms with Crippen molar-refractivity contribution in [3.63, 3.8) is 0 Å². The van der Waals surface area contributed by atoms with Gasteiger partial charge in [0.1, 0.15) is 0 Å². The average molecular weight is 623 g/mol. The highest BCUT2D eigenvalue weighted by Crippen LogP contribution is 2.50. The van der Waals surface area contributed by atoms with Crippen LogP contribution in [0.1, 0.15) is 30.5 Å². The van der Waals surface area contributed by atoms with Crippen molar-refractivity contribution in [1.82, 2.24) is 10.2 Å². The van der Waals surface area contributed by atoms with Gasteiger partial charge in [0.2, 0.25) is 11.7 Å². The number of nitrogens with one attached hydrogen (secondary N) is 1. The van der Waals surface area contributed by atoms with E-state index in [4.69, 9.17) is 34.6 Å². The van der Waals surface area contributed by atoms with Gasteiger partial charge in [-0.05, 0) is 54.0 Å². The van der Waals surface area contributed by atoms with E-state index in [1.807, 2.05) is 18.4 Å². The molecule has 0 aliphatic heterocycles. The molecule has 234 valence electrons. The van der Waals surface area contributed by atoms with E-state index in [9.17, 15) is 24.0 Å². The van der Waals surface area contributed by atoms with E-state index in [1.54, 1.807) is 26.2 Å². The third kappa shape index (κ3) is 8.37. The molecule has 0 unspecified atom stereocenters. The molecular weight excluding hydrogens is 588 g/mol. The molecule has 0 heterocycles. The summed E-state index contributed by atoms with van der Waals surface area (Å²) in [5.41, 5.74) is 2.87. The molecule has 2 amide bonds. The first kappa shape index (κ1) is 34.9. The highest BCUT2D eigenvalue weighted by atomic mass is 32.2. The Balaban J connectivity index is 0.000000553. The average Bonchev–Trinajstić information content (AvgIpc) is 3.19. The molecule has 0 spiro atoms. The monoisotopic (exact) mass is 622 g/mol. The lowest BCUT2D eigenvalue weighted by molar-refractivity contribution is -0.165. The molecule has 0 saturated carbocycles. The summed E-state index contributed by atoms with van der Waals surface area (Å²) in [6.45, 7) is 1.45. The third-order valence-corrected chi connectivity index (χ3v) is 7.03. The molecule has 2 aromatic carbocycles. The van der Waals surface area contributed by atoms with Gasteiger partial charge in [0.15, 0.2) is 29.1 Å². The van der Waals surface area contributed by atoms with E-state index in [2.05, 4.69) is 5.32 Å². The fourth-order valence-electron chi connectivity index (χ4n) is 4.21. The Kier molecular flexibility index (Phi) is 12.3. The number of methoxy groups -OCH3 is 2. The molecule has 15 heteroatoms. The van der Waals surface area contributed by atoms with Crippen LogP contribution < -0.4 is 25.0 Å². The number of ether oxygens (including phenoxy) is 3. The van der Waals surface area contributed by atoms with Crippen LogP contribution in [0.4, 0.5) is 4.79 Å². The van der Waals surface area contributed by atoms with Crippen molar-refractivity contribution in [2.75, 3.05) is 34.6 Å². The second-order valence-corrected chi connectivity index (χ2v) is 10.2. The Morgan fingerprint density at radius 1 is 1.00 bits per heavy atom. The molecule has 1 aliphatic carbocycles. The first-order chi connectivity index (χ1) is 20.2. The van der Waals surface area contributed by atoms with Gasteiger partial charge >= 0.3 is 18.0 Å². The molecule has 5 N–H and O–H groups in total. The molecular formula is C28H34N2O12S. The van der Waals surface area contributed by atoms with Crippen LogP contribution in [0, 0.1) is 0 Å². The Morgan fingerprint density at radius 3 is 2.07 bits per heavy atom. The number of carboxylic acids is 2. The number of thioether (sulfide) groups is 1. The van der Waals surface area contributed by atoms with Crippen LogP contribution in [-0.2, 0) is 20.8 Å². The number of rotatable bonds is 8. The predicted molar refractivity (Wildman–Crippen MR) is 155 cm³/mol. The maximum absolute atomic E-state index is 12.9. The number of hydrogen-bond donors (Lipinski definition) is 5. The summed E-state index contributed by atoms with van der Waals surface area (Å²) < 4.78 is 16.9. The van der Waals surface area contributed by atoms with Gasteiger partial charge in [-0.2, -0.15) is 0 Å². The minimum atomic E-state index is -2.27. The first-order valence-electron chi connectivity index (χ1n) is 12.7. The van der Waals surface area contributed by atoms with Gasteiger partial charge < -0.3 is 44.9 Å². The predicted octanol–water partition coefficient (Wildman–Crippen LogP) is 1.51. The quantitative estimate of drug-likeness (QED) is 0.265. The van der Waals surface area contributed by atoms with Crippen molar-refractivity contribution < 1.29 is 53.8 Å². The number of fused-ring (bicyclic) bond motifs is 3. The topological polar surface area (TPSA) is 209 Å². The van der Waals surface area contributed by atoms with Crippen molar-refractivity contribution in [3.05, 3.63) is 45.6 Å². The number of benzene rings is 1. The second-order valence-electron chi connectivity index (χ2n) is 9.37. The molecule has 2 aromatic rings. The van der Waals surface area contributed by atoms with Gasteiger partial charge in [0.05, 0.1) is 25.2 Å². The zero-order valence-electron chi connectivity index (χ0n) is 24.4. The minimum absolute atomic E-state index is 0.130. The summed E-state index contributed by atoms with van der Waals surface area (Å²) in [5, 5.41) is 35.5. The van der Waals surface area contributed by atoms with Gasteiger partial charge in [-0.25, -0.2) is 14.4 Å². The van der Waals surface area contributed by atoms with Gasteiger partial charge in [-0.3, -0.25) is 9.59 Å². The Bertz CT molecular complexity index is 1430. The van der Waals surface area contributed by atoms with Gasteiger partial charge in [-0.1, -0.05) is 6.07 Å². The third-order valence-electron chi connectivity index (χ3n) is 6.25. The Morgan fingerprint density at radius 2 is 1.60 bits per heavy atom. The summed E-state index contributed by atoms with van der Waals surface area (Å²) >= 11 is 1.35. The summed E-state index contributed by atoms with van der Waals surface area (Å²) in [6, 6.07) is 6.64. The fourth-order valence-corrected chi connectivity index (χ4v) is 4.68. The van der Waals surface area contributed by atoms with Crippen LogP contribution in [0.5, 0.6) is 17.2 Å². The molecule has 3 atom stereocenters. The summed E-state index contributed by atoms with van der Waals surface area (Å²) in [7, 11) is 6.15. The Hall–Kier alpha value is -4.34. The van der Waals surface area contributed by atoms with Crippen molar-refractivity contribution in [2.24, 2.45) is 0 Å². The number of carboxylic acid groups (broad SMARTS) is 2. The molecule has 3 rings (SSSR count). The molecule has 1 aliphatic rings. The van der Waals surface area contributed by atoms with Crippen molar-refractivity contribution in [2.45, 2.75) is 42.9 Å². The van der Waals surface area contributed by atoms with Crippen LogP contribution in [-0.4, -0.2) is 96.0 Å². The number of aryl methyl sites for hydroxylation is 1. The van der Waals surface area contributed by atoms with E-state index in [-0.39, 0.29) is 23.1 Å². The first-order valence-corrected chi connectivity index (χ1v) is 13.9. The molecule has 0 aromatic heterocycles. The van der Waals surface area contributed by atoms with Crippen LogP contribution in [0.2, 0.25) is 0 Å². The highest BCUT2D eigenvalue weighted by Gasteiger charge is 2.31. The molecule has 0 radical (unpaired) electrons. The van der Waals surface area contributed by atoms with Gasteiger partial charge in [0, 0.05) is 26.6 Å².